The van der Waals surface area contributed by atoms with Crippen molar-refractivity contribution < 1.29 is 0 Å². The van der Waals surface area contributed by atoms with E-state index in [1.54, 1.807) is 6.20 Å². The smallest absolute Gasteiger partial charge is 0.224 e. The molecule has 0 fully saturated rings. The van der Waals surface area contributed by atoms with Crippen molar-refractivity contribution in [1.82, 2.24) is 25.3 Å². The lowest BCUT2D eigenvalue weighted by Crippen LogP contribution is -2.19. The van der Waals surface area contributed by atoms with Crippen LogP contribution in [0, 0.1) is 6.92 Å². The minimum atomic E-state index is 0.100. The summed E-state index contributed by atoms with van der Waals surface area (Å²) in [5.74, 6) is 0.344. The predicted octanol–water partition coefficient (Wildman–Crippen LogP) is 1.74. The molecule has 0 aliphatic rings. The van der Waals surface area contributed by atoms with E-state index in [0.29, 0.717) is 17.7 Å². The third-order valence-corrected chi connectivity index (χ3v) is 3.67. The average Bonchev–Trinajstić information content (AvgIpc) is 2.53. The first-order valence-corrected chi connectivity index (χ1v) is 7.37. The third-order valence-electron chi connectivity index (χ3n) is 3.67. The SMILES string of the molecule is Cc1ccc(C(C)NCc2cnc3nc(N)nc(N)c3n2)cc1. The topological polar surface area (TPSA) is 116 Å². The molecule has 7 heteroatoms. The summed E-state index contributed by atoms with van der Waals surface area (Å²) in [5, 5.41) is 3.42. The van der Waals surface area contributed by atoms with Gasteiger partial charge in [-0.2, -0.15) is 9.97 Å². The molecule has 7 nitrogen and oxygen atoms in total. The van der Waals surface area contributed by atoms with Gasteiger partial charge in [0.1, 0.15) is 0 Å². The molecule has 23 heavy (non-hydrogen) atoms. The summed E-state index contributed by atoms with van der Waals surface area (Å²) in [7, 11) is 0. The quantitative estimate of drug-likeness (QED) is 0.672. The summed E-state index contributed by atoms with van der Waals surface area (Å²) in [6.45, 7) is 4.75. The summed E-state index contributed by atoms with van der Waals surface area (Å²) in [5.41, 5.74) is 15.5. The molecule has 0 bridgehead atoms. The number of aromatic nitrogens is 4. The van der Waals surface area contributed by atoms with Gasteiger partial charge in [-0.3, -0.25) is 0 Å². The monoisotopic (exact) mass is 309 g/mol. The Morgan fingerprint density at radius 1 is 1.09 bits per heavy atom. The van der Waals surface area contributed by atoms with E-state index < -0.39 is 0 Å². The molecular weight excluding hydrogens is 290 g/mol. The van der Waals surface area contributed by atoms with E-state index in [2.05, 4.69) is 63.4 Å². The number of aryl methyl sites for hydroxylation is 1. The Hall–Kier alpha value is -2.80. The number of nitrogens with two attached hydrogens (primary N) is 2. The van der Waals surface area contributed by atoms with Crippen molar-refractivity contribution >= 4 is 22.9 Å². The van der Waals surface area contributed by atoms with Crippen LogP contribution in [-0.2, 0) is 6.54 Å². The van der Waals surface area contributed by atoms with E-state index in [4.69, 9.17) is 11.5 Å². The second-order valence-electron chi connectivity index (χ2n) is 5.51. The van der Waals surface area contributed by atoms with Crippen molar-refractivity contribution in [2.75, 3.05) is 11.5 Å². The summed E-state index contributed by atoms with van der Waals surface area (Å²) in [6.07, 6.45) is 1.67. The Kier molecular flexibility index (Phi) is 4.03. The fourth-order valence-corrected chi connectivity index (χ4v) is 2.30. The largest absolute Gasteiger partial charge is 0.382 e. The van der Waals surface area contributed by atoms with Crippen LogP contribution >= 0.6 is 0 Å². The van der Waals surface area contributed by atoms with Crippen LogP contribution in [-0.4, -0.2) is 19.9 Å². The maximum absolute atomic E-state index is 5.83. The highest BCUT2D eigenvalue weighted by atomic mass is 15.1. The fraction of sp³-hybridized carbons (Fsp3) is 0.250. The molecule has 1 aromatic carbocycles. The minimum Gasteiger partial charge on any atom is -0.382 e. The van der Waals surface area contributed by atoms with Crippen LogP contribution in [0.5, 0.6) is 0 Å². The number of nitrogen functional groups attached to an aromatic ring is 2. The normalized spacial score (nSPS) is 12.4. The van der Waals surface area contributed by atoms with E-state index in [-0.39, 0.29) is 17.8 Å². The lowest BCUT2D eigenvalue weighted by Gasteiger charge is -2.14. The zero-order chi connectivity index (χ0) is 16.4. The van der Waals surface area contributed by atoms with Gasteiger partial charge in [-0.15, -0.1) is 0 Å². The van der Waals surface area contributed by atoms with Gasteiger partial charge < -0.3 is 16.8 Å². The number of hydrogen-bond acceptors (Lipinski definition) is 7. The van der Waals surface area contributed by atoms with Gasteiger partial charge >= 0.3 is 0 Å². The molecule has 3 aromatic rings. The van der Waals surface area contributed by atoms with Crippen molar-refractivity contribution in [1.29, 1.82) is 0 Å². The molecule has 1 unspecified atom stereocenters. The third kappa shape index (κ3) is 3.35. The molecule has 0 amide bonds. The van der Waals surface area contributed by atoms with Gasteiger partial charge in [-0.05, 0) is 19.4 Å². The molecule has 3 rings (SSSR count). The first-order chi connectivity index (χ1) is 11.0. The average molecular weight is 309 g/mol. The maximum atomic E-state index is 5.83. The molecule has 0 saturated heterocycles. The number of fused-ring (bicyclic) bond motifs is 1. The molecule has 2 aromatic heterocycles. The first kappa shape index (κ1) is 15.1. The van der Waals surface area contributed by atoms with Gasteiger partial charge in [0.25, 0.3) is 0 Å². The summed E-state index contributed by atoms with van der Waals surface area (Å²) in [6, 6.07) is 8.65. The number of benzene rings is 1. The lowest BCUT2D eigenvalue weighted by molar-refractivity contribution is 0.567. The number of rotatable bonds is 4. The van der Waals surface area contributed by atoms with Crippen molar-refractivity contribution in [2.24, 2.45) is 0 Å². The minimum absolute atomic E-state index is 0.100. The predicted molar refractivity (Wildman–Crippen MR) is 90.4 cm³/mol. The van der Waals surface area contributed by atoms with E-state index in [1.807, 2.05) is 0 Å². The van der Waals surface area contributed by atoms with Gasteiger partial charge in [0.05, 0.1) is 11.9 Å². The van der Waals surface area contributed by atoms with Crippen LogP contribution in [0.1, 0.15) is 29.8 Å². The van der Waals surface area contributed by atoms with Crippen molar-refractivity contribution in [3.05, 3.63) is 47.3 Å². The molecule has 1 atom stereocenters. The van der Waals surface area contributed by atoms with Crippen LogP contribution in [0.2, 0.25) is 0 Å². The van der Waals surface area contributed by atoms with Crippen molar-refractivity contribution in [3.8, 4) is 0 Å². The van der Waals surface area contributed by atoms with E-state index in [1.165, 1.54) is 11.1 Å². The van der Waals surface area contributed by atoms with Gasteiger partial charge in [0.15, 0.2) is 17.0 Å². The molecule has 0 saturated carbocycles. The summed E-state index contributed by atoms with van der Waals surface area (Å²) in [4.78, 5) is 16.7. The number of nitrogens with zero attached hydrogens (tertiary/aromatic N) is 4. The maximum Gasteiger partial charge on any atom is 0.224 e. The van der Waals surface area contributed by atoms with Crippen molar-refractivity contribution in [2.45, 2.75) is 26.4 Å². The van der Waals surface area contributed by atoms with Gasteiger partial charge in [-0.1, -0.05) is 29.8 Å². The molecule has 118 valence electrons. The highest BCUT2D eigenvalue weighted by Crippen LogP contribution is 2.16. The summed E-state index contributed by atoms with van der Waals surface area (Å²) < 4.78 is 0. The summed E-state index contributed by atoms with van der Waals surface area (Å²) >= 11 is 0. The highest BCUT2D eigenvalue weighted by molar-refractivity contribution is 5.81. The van der Waals surface area contributed by atoms with E-state index in [0.717, 1.165) is 5.69 Å². The molecule has 2 heterocycles. The highest BCUT2D eigenvalue weighted by Gasteiger charge is 2.09. The Balaban J connectivity index is 1.75. The molecule has 5 N–H and O–H groups in total. The van der Waals surface area contributed by atoms with Gasteiger partial charge in [0.2, 0.25) is 5.95 Å². The molecular formula is C16H19N7. The van der Waals surface area contributed by atoms with Crippen molar-refractivity contribution in [3.63, 3.8) is 0 Å². The number of nitrogens with one attached hydrogen (secondary N) is 1. The fourth-order valence-electron chi connectivity index (χ4n) is 2.30. The zero-order valence-electron chi connectivity index (χ0n) is 13.1. The van der Waals surface area contributed by atoms with Crippen LogP contribution < -0.4 is 16.8 Å². The van der Waals surface area contributed by atoms with E-state index >= 15 is 0 Å². The van der Waals surface area contributed by atoms with Crippen LogP contribution in [0.3, 0.4) is 0 Å². The molecule has 0 aliphatic carbocycles. The van der Waals surface area contributed by atoms with Crippen LogP contribution in [0.4, 0.5) is 11.8 Å². The molecule has 0 radical (unpaired) electrons. The van der Waals surface area contributed by atoms with Gasteiger partial charge in [-0.25, -0.2) is 9.97 Å². The molecule has 0 spiro atoms. The number of anilines is 2. The van der Waals surface area contributed by atoms with Gasteiger partial charge in [0, 0.05) is 12.6 Å². The molecule has 0 aliphatic heterocycles. The van der Waals surface area contributed by atoms with Crippen LogP contribution in [0.15, 0.2) is 30.5 Å². The number of hydrogen-bond donors (Lipinski definition) is 3. The van der Waals surface area contributed by atoms with E-state index in [9.17, 15) is 0 Å². The standard InChI is InChI=1S/C16H19N7/c1-9-3-5-11(6-4-9)10(2)19-7-12-8-20-15-13(21-12)14(17)22-16(18)23-15/h3-6,8,10,19H,7H2,1-2H3,(H4,17,18,20,22,23). The zero-order valence-corrected chi connectivity index (χ0v) is 13.1. The second-order valence-corrected chi connectivity index (χ2v) is 5.51. The Morgan fingerprint density at radius 3 is 2.57 bits per heavy atom. The first-order valence-electron chi connectivity index (χ1n) is 7.37. The second kappa shape index (κ2) is 6.13. The lowest BCUT2D eigenvalue weighted by atomic mass is 10.1. The Bertz CT molecular complexity index is 830. The Morgan fingerprint density at radius 2 is 1.83 bits per heavy atom. The Labute approximate surface area is 134 Å². The van der Waals surface area contributed by atoms with Crippen LogP contribution in [0.25, 0.3) is 11.2 Å².